The second kappa shape index (κ2) is 11.7. The van der Waals surface area contributed by atoms with Crippen LogP contribution in [0.3, 0.4) is 0 Å². The first-order valence-corrected chi connectivity index (χ1v) is 7.82. The number of halogens is 1. The summed E-state index contributed by atoms with van der Waals surface area (Å²) < 4.78 is 11.7. The molecule has 0 aromatic carbocycles. The van der Waals surface area contributed by atoms with Crippen LogP contribution in [0.25, 0.3) is 0 Å². The van der Waals surface area contributed by atoms with Crippen molar-refractivity contribution in [3.05, 3.63) is 0 Å². The lowest BCUT2D eigenvalue weighted by molar-refractivity contribution is 0.0459. The van der Waals surface area contributed by atoms with Crippen LogP contribution in [0.2, 0.25) is 0 Å². The summed E-state index contributed by atoms with van der Waals surface area (Å²) in [6.07, 6.45) is 1.32. The third kappa shape index (κ3) is 12.9. The van der Waals surface area contributed by atoms with E-state index in [2.05, 4.69) is 55.6 Å². The molecule has 0 aromatic heterocycles. The molecule has 0 aromatic rings. The highest BCUT2D eigenvalue weighted by Gasteiger charge is 2.07. The van der Waals surface area contributed by atoms with Crippen LogP contribution in [-0.2, 0) is 9.47 Å². The van der Waals surface area contributed by atoms with E-state index in [9.17, 15) is 0 Å². The summed E-state index contributed by atoms with van der Waals surface area (Å²) in [6.45, 7) is 13.1. The molecule has 1 N–H and O–H groups in total. The van der Waals surface area contributed by atoms with Crippen molar-refractivity contribution in [3.63, 3.8) is 0 Å². The van der Waals surface area contributed by atoms with Gasteiger partial charge >= 0.3 is 0 Å². The minimum absolute atomic E-state index is 0.336. The van der Waals surface area contributed by atoms with Crippen molar-refractivity contribution in [1.29, 1.82) is 0 Å². The summed E-state index contributed by atoms with van der Waals surface area (Å²) in [6, 6.07) is 0. The molecule has 0 saturated heterocycles. The maximum absolute atomic E-state index is 5.66. The normalized spacial score (nSPS) is 15.2. The van der Waals surface area contributed by atoms with Crippen molar-refractivity contribution in [3.8, 4) is 0 Å². The fourth-order valence-electron chi connectivity index (χ4n) is 1.20. The lowest BCUT2D eigenvalue weighted by atomic mass is 10.2. The first kappa shape index (κ1) is 17.6. The summed E-state index contributed by atoms with van der Waals surface area (Å²) in [5, 5.41) is 3.35. The minimum Gasteiger partial charge on any atom is -0.380 e. The molecule has 3 nitrogen and oxygen atoms in total. The van der Waals surface area contributed by atoms with Gasteiger partial charge in [0.2, 0.25) is 0 Å². The van der Waals surface area contributed by atoms with Gasteiger partial charge in [0, 0.05) is 23.7 Å². The van der Waals surface area contributed by atoms with Gasteiger partial charge in [-0.25, -0.2) is 0 Å². The Kier molecular flexibility index (Phi) is 12.1. The van der Waals surface area contributed by atoms with Crippen LogP contribution in [-0.4, -0.2) is 42.9 Å². The molecule has 0 aliphatic rings. The number of nitrogens with one attached hydrogen (secondary N) is 1. The smallest absolute Gasteiger partial charge is 0.0661 e. The molecule has 0 fully saturated rings. The van der Waals surface area contributed by atoms with Gasteiger partial charge in [0.05, 0.1) is 12.7 Å². The molecule has 0 heterocycles. The van der Waals surface area contributed by atoms with Gasteiger partial charge in [-0.2, -0.15) is 0 Å². The number of hydrogen-bond donors (Lipinski definition) is 1. The van der Waals surface area contributed by atoms with E-state index in [4.69, 9.17) is 9.47 Å². The molecule has 0 amide bonds. The van der Waals surface area contributed by atoms with Gasteiger partial charge in [-0.3, -0.25) is 0 Å². The monoisotopic (exact) mass is 357 g/mol. The van der Waals surface area contributed by atoms with Crippen LogP contribution in [0.1, 0.15) is 34.1 Å². The molecule has 1 unspecified atom stereocenters. The van der Waals surface area contributed by atoms with Crippen molar-refractivity contribution < 1.29 is 9.47 Å². The van der Waals surface area contributed by atoms with E-state index in [1.807, 2.05) is 0 Å². The number of rotatable bonds is 11. The van der Waals surface area contributed by atoms with E-state index in [0.29, 0.717) is 15.9 Å². The molecule has 0 bridgehead atoms. The van der Waals surface area contributed by atoms with Crippen molar-refractivity contribution in [1.82, 2.24) is 5.32 Å². The van der Waals surface area contributed by atoms with Crippen LogP contribution in [0, 0.1) is 5.92 Å². The highest BCUT2D eigenvalue weighted by atomic mass is 127. The van der Waals surface area contributed by atoms with Gasteiger partial charge in [-0.1, -0.05) is 43.4 Å². The topological polar surface area (TPSA) is 30.5 Å². The molecule has 17 heavy (non-hydrogen) atoms. The molecule has 104 valence electrons. The third-order valence-corrected chi connectivity index (χ3v) is 3.45. The summed E-state index contributed by atoms with van der Waals surface area (Å²) in [4.78, 5) is 0. The number of hydrogen-bond acceptors (Lipinski definition) is 3. The molecular formula is C13H28INO2. The first-order chi connectivity index (χ1) is 8.04. The van der Waals surface area contributed by atoms with Crippen LogP contribution < -0.4 is 5.32 Å². The Morgan fingerprint density at radius 1 is 1.06 bits per heavy atom. The zero-order valence-corrected chi connectivity index (χ0v) is 13.8. The Morgan fingerprint density at radius 3 is 2.35 bits per heavy atom. The standard InChI is InChI=1S/C13H28INO2/c1-11(2)10-15-6-9-16-7-5-8-17-13(4)12(3)14/h11-13,15H,5-10H2,1-4H3/t12?,13-/m0/s1. The maximum atomic E-state index is 5.66. The number of ether oxygens (including phenoxy) is 2. The lowest BCUT2D eigenvalue weighted by Crippen LogP contribution is -2.24. The molecular weight excluding hydrogens is 329 g/mol. The summed E-state index contributed by atoms with van der Waals surface area (Å²) in [5.41, 5.74) is 0. The largest absolute Gasteiger partial charge is 0.380 e. The molecule has 0 aliphatic carbocycles. The molecule has 2 atom stereocenters. The fraction of sp³-hybridized carbons (Fsp3) is 1.00. The summed E-state index contributed by atoms with van der Waals surface area (Å²) >= 11 is 2.39. The predicted octanol–water partition coefficient (Wildman–Crippen LogP) is 2.87. The van der Waals surface area contributed by atoms with Crippen LogP contribution >= 0.6 is 22.6 Å². The Morgan fingerprint density at radius 2 is 1.76 bits per heavy atom. The Hall–Kier alpha value is 0.610. The zero-order chi connectivity index (χ0) is 13.1. The highest BCUT2D eigenvalue weighted by molar-refractivity contribution is 14.1. The summed E-state index contributed by atoms with van der Waals surface area (Å²) in [7, 11) is 0. The van der Waals surface area contributed by atoms with Gasteiger partial charge in [0.15, 0.2) is 0 Å². The van der Waals surface area contributed by atoms with Crippen molar-refractivity contribution >= 4 is 22.6 Å². The molecule has 4 heteroatoms. The van der Waals surface area contributed by atoms with Gasteiger partial charge in [0.1, 0.15) is 0 Å². The lowest BCUT2D eigenvalue weighted by Gasteiger charge is -2.15. The maximum Gasteiger partial charge on any atom is 0.0661 e. The van der Waals surface area contributed by atoms with Crippen LogP contribution in [0.4, 0.5) is 0 Å². The molecule has 0 saturated carbocycles. The predicted molar refractivity (Wildman–Crippen MR) is 82.0 cm³/mol. The van der Waals surface area contributed by atoms with E-state index in [-0.39, 0.29) is 0 Å². The molecule has 0 radical (unpaired) electrons. The summed E-state index contributed by atoms with van der Waals surface area (Å²) in [5.74, 6) is 0.708. The average Bonchev–Trinajstić information content (AvgIpc) is 2.25. The van der Waals surface area contributed by atoms with Gasteiger partial charge in [-0.15, -0.1) is 0 Å². The average molecular weight is 357 g/mol. The van der Waals surface area contributed by atoms with Crippen molar-refractivity contribution in [2.24, 2.45) is 5.92 Å². The third-order valence-electron chi connectivity index (χ3n) is 2.44. The fourth-order valence-corrected chi connectivity index (χ4v) is 1.41. The second-order valence-electron chi connectivity index (χ2n) is 4.82. The quantitative estimate of drug-likeness (QED) is 0.350. The van der Waals surface area contributed by atoms with Crippen LogP contribution in [0.5, 0.6) is 0 Å². The first-order valence-electron chi connectivity index (χ1n) is 6.58. The molecule has 0 rings (SSSR count). The van der Waals surface area contributed by atoms with E-state index >= 15 is 0 Å². The second-order valence-corrected chi connectivity index (χ2v) is 6.78. The molecule has 0 aliphatic heterocycles. The van der Waals surface area contributed by atoms with Gasteiger partial charge < -0.3 is 14.8 Å². The van der Waals surface area contributed by atoms with Crippen LogP contribution in [0.15, 0.2) is 0 Å². The Bertz CT molecular complexity index is 165. The Balaban J connectivity index is 3.09. The van der Waals surface area contributed by atoms with Crippen molar-refractivity contribution in [2.45, 2.75) is 44.1 Å². The number of alkyl halides is 1. The van der Waals surface area contributed by atoms with Gasteiger partial charge in [-0.05, 0) is 25.8 Å². The van der Waals surface area contributed by atoms with E-state index in [1.165, 1.54) is 0 Å². The van der Waals surface area contributed by atoms with E-state index in [0.717, 1.165) is 39.3 Å². The highest BCUT2D eigenvalue weighted by Crippen LogP contribution is 2.08. The molecule has 0 spiro atoms. The van der Waals surface area contributed by atoms with Gasteiger partial charge in [0.25, 0.3) is 0 Å². The van der Waals surface area contributed by atoms with E-state index in [1.54, 1.807) is 0 Å². The van der Waals surface area contributed by atoms with E-state index < -0.39 is 0 Å². The zero-order valence-electron chi connectivity index (χ0n) is 11.7. The minimum atomic E-state index is 0.336. The Labute approximate surface area is 120 Å². The SMILES string of the molecule is CC(C)CNCCOCCCO[C@@H](C)C(C)I. The van der Waals surface area contributed by atoms with Crippen molar-refractivity contribution in [2.75, 3.05) is 32.9 Å².